The molecule has 2 unspecified atom stereocenters. The number of nitrogens with one attached hydrogen (secondary N) is 1. The Labute approximate surface area is 109 Å². The normalized spacial score (nSPS) is 24.8. The predicted octanol–water partition coefficient (Wildman–Crippen LogP) is 0.386. The van der Waals surface area contributed by atoms with Gasteiger partial charge in [0.25, 0.3) is 10.2 Å². The topological polar surface area (TPSA) is 75.4 Å². The van der Waals surface area contributed by atoms with Crippen LogP contribution in [0.2, 0.25) is 0 Å². The summed E-state index contributed by atoms with van der Waals surface area (Å²) in [5, 5.41) is 0. The molecule has 0 aliphatic carbocycles. The number of nitrogens with two attached hydrogens (primary N) is 1. The van der Waals surface area contributed by atoms with Crippen LogP contribution in [0.25, 0.3) is 0 Å². The zero-order valence-corrected chi connectivity index (χ0v) is 12.2. The minimum atomic E-state index is -3.38. The van der Waals surface area contributed by atoms with E-state index in [1.54, 1.807) is 11.8 Å². The summed E-state index contributed by atoms with van der Waals surface area (Å²) >= 11 is 1.63. The maximum Gasteiger partial charge on any atom is 0.280 e. The summed E-state index contributed by atoms with van der Waals surface area (Å²) in [4.78, 5) is 0. The van der Waals surface area contributed by atoms with Crippen LogP contribution in [-0.2, 0) is 10.2 Å². The van der Waals surface area contributed by atoms with E-state index in [1.165, 1.54) is 4.31 Å². The first kappa shape index (κ1) is 15.2. The van der Waals surface area contributed by atoms with Gasteiger partial charge in [0.1, 0.15) is 0 Å². The van der Waals surface area contributed by atoms with Crippen molar-refractivity contribution in [2.45, 2.75) is 38.3 Å². The highest BCUT2D eigenvalue weighted by molar-refractivity contribution is 7.98. The molecule has 2 atom stereocenters. The number of piperidine rings is 1. The third kappa shape index (κ3) is 4.40. The number of hydrogen-bond donors (Lipinski definition) is 2. The molecule has 1 aliphatic heterocycles. The second kappa shape index (κ2) is 6.94. The van der Waals surface area contributed by atoms with E-state index in [-0.39, 0.29) is 12.1 Å². The maximum absolute atomic E-state index is 12.2. The van der Waals surface area contributed by atoms with E-state index < -0.39 is 10.2 Å². The molecule has 7 heteroatoms. The standard InChI is InChI=1S/C10H23N3O2S2/c1-9(8-16-2)12-17(14,15)13-6-4-3-5-10(13)7-11/h9-10,12H,3-8,11H2,1-2H3. The molecule has 0 amide bonds. The summed E-state index contributed by atoms with van der Waals surface area (Å²) in [6, 6.07) is -0.0851. The van der Waals surface area contributed by atoms with Crippen molar-refractivity contribution >= 4 is 22.0 Å². The minimum absolute atomic E-state index is 0.0391. The van der Waals surface area contributed by atoms with Crippen LogP contribution < -0.4 is 10.5 Å². The first-order valence-electron chi connectivity index (χ1n) is 5.99. The van der Waals surface area contributed by atoms with Crippen LogP contribution in [0.1, 0.15) is 26.2 Å². The lowest BCUT2D eigenvalue weighted by Gasteiger charge is -2.34. The van der Waals surface area contributed by atoms with Crippen LogP contribution >= 0.6 is 11.8 Å². The molecule has 5 nitrogen and oxygen atoms in total. The lowest BCUT2D eigenvalue weighted by molar-refractivity contribution is 0.253. The van der Waals surface area contributed by atoms with Crippen LogP contribution in [0.3, 0.4) is 0 Å². The van der Waals surface area contributed by atoms with Crippen molar-refractivity contribution in [3.8, 4) is 0 Å². The Kier molecular flexibility index (Phi) is 6.22. The van der Waals surface area contributed by atoms with Crippen LogP contribution in [0.5, 0.6) is 0 Å². The zero-order chi connectivity index (χ0) is 12.9. The van der Waals surface area contributed by atoms with E-state index in [2.05, 4.69) is 4.72 Å². The zero-order valence-electron chi connectivity index (χ0n) is 10.6. The Bertz CT molecular complexity index is 322. The van der Waals surface area contributed by atoms with E-state index in [4.69, 9.17) is 5.73 Å². The third-order valence-electron chi connectivity index (χ3n) is 2.92. The van der Waals surface area contributed by atoms with Crippen molar-refractivity contribution in [3.05, 3.63) is 0 Å². The molecule has 0 bridgehead atoms. The monoisotopic (exact) mass is 281 g/mol. The van der Waals surface area contributed by atoms with Gasteiger partial charge in [0, 0.05) is 30.9 Å². The molecule has 1 heterocycles. The molecule has 0 aromatic rings. The van der Waals surface area contributed by atoms with Crippen molar-refractivity contribution in [3.63, 3.8) is 0 Å². The van der Waals surface area contributed by atoms with Gasteiger partial charge in [0.05, 0.1) is 0 Å². The fourth-order valence-electron chi connectivity index (χ4n) is 2.13. The Morgan fingerprint density at radius 2 is 2.24 bits per heavy atom. The van der Waals surface area contributed by atoms with E-state index in [0.29, 0.717) is 13.1 Å². The van der Waals surface area contributed by atoms with Gasteiger partial charge >= 0.3 is 0 Å². The van der Waals surface area contributed by atoms with Gasteiger partial charge in [0.2, 0.25) is 0 Å². The number of thioether (sulfide) groups is 1. The van der Waals surface area contributed by atoms with Crippen LogP contribution in [0.4, 0.5) is 0 Å². The van der Waals surface area contributed by atoms with Gasteiger partial charge in [-0.05, 0) is 26.0 Å². The van der Waals surface area contributed by atoms with Crippen molar-refractivity contribution in [2.75, 3.05) is 25.1 Å². The third-order valence-corrected chi connectivity index (χ3v) is 5.55. The van der Waals surface area contributed by atoms with Gasteiger partial charge < -0.3 is 5.73 Å². The predicted molar refractivity (Wildman–Crippen MR) is 73.3 cm³/mol. The van der Waals surface area contributed by atoms with Gasteiger partial charge in [-0.1, -0.05) is 6.42 Å². The lowest BCUT2D eigenvalue weighted by atomic mass is 10.1. The summed E-state index contributed by atoms with van der Waals surface area (Å²) in [7, 11) is -3.38. The van der Waals surface area contributed by atoms with Crippen LogP contribution in [0.15, 0.2) is 0 Å². The van der Waals surface area contributed by atoms with Gasteiger partial charge in [-0.25, -0.2) is 0 Å². The Morgan fingerprint density at radius 1 is 1.53 bits per heavy atom. The number of rotatable bonds is 6. The molecule has 0 radical (unpaired) electrons. The molecule has 1 aliphatic rings. The molecule has 1 saturated heterocycles. The summed E-state index contributed by atoms with van der Waals surface area (Å²) in [6.07, 6.45) is 4.82. The van der Waals surface area contributed by atoms with Crippen LogP contribution in [0, 0.1) is 0 Å². The lowest BCUT2D eigenvalue weighted by Crippen LogP contribution is -2.53. The van der Waals surface area contributed by atoms with E-state index in [0.717, 1.165) is 25.0 Å². The molecular formula is C10H23N3O2S2. The molecule has 0 aromatic heterocycles. The Balaban J connectivity index is 2.67. The molecule has 0 saturated carbocycles. The summed E-state index contributed by atoms with van der Waals surface area (Å²) in [5.74, 6) is 0.778. The van der Waals surface area contributed by atoms with Crippen molar-refractivity contribution in [2.24, 2.45) is 5.73 Å². The average molecular weight is 281 g/mol. The van der Waals surface area contributed by atoms with Gasteiger partial charge in [-0.15, -0.1) is 0 Å². The highest BCUT2D eigenvalue weighted by atomic mass is 32.2. The van der Waals surface area contributed by atoms with Gasteiger partial charge in [-0.3, -0.25) is 0 Å². The minimum Gasteiger partial charge on any atom is -0.329 e. The molecule has 0 spiro atoms. The molecule has 17 heavy (non-hydrogen) atoms. The van der Waals surface area contributed by atoms with E-state index in [1.807, 2.05) is 13.2 Å². The van der Waals surface area contributed by atoms with Crippen LogP contribution in [-0.4, -0.2) is 49.9 Å². The summed E-state index contributed by atoms with van der Waals surface area (Å²) in [6.45, 7) is 2.87. The average Bonchev–Trinajstić information content (AvgIpc) is 2.28. The molecule has 102 valence electrons. The van der Waals surface area contributed by atoms with Crippen molar-refractivity contribution in [1.82, 2.24) is 9.03 Å². The molecule has 3 N–H and O–H groups in total. The summed E-state index contributed by atoms with van der Waals surface area (Å²) < 4.78 is 28.6. The number of nitrogens with zero attached hydrogens (tertiary/aromatic N) is 1. The van der Waals surface area contributed by atoms with Gasteiger partial charge in [-0.2, -0.15) is 29.2 Å². The number of hydrogen-bond acceptors (Lipinski definition) is 4. The molecule has 1 rings (SSSR count). The molecule has 0 aromatic carbocycles. The van der Waals surface area contributed by atoms with Gasteiger partial charge in [0.15, 0.2) is 0 Å². The smallest absolute Gasteiger partial charge is 0.280 e. The maximum atomic E-state index is 12.2. The second-order valence-electron chi connectivity index (χ2n) is 4.48. The highest BCUT2D eigenvalue weighted by Gasteiger charge is 2.31. The molecule has 1 fully saturated rings. The summed E-state index contributed by atoms with van der Waals surface area (Å²) in [5.41, 5.74) is 5.64. The largest absolute Gasteiger partial charge is 0.329 e. The van der Waals surface area contributed by atoms with Crippen molar-refractivity contribution in [1.29, 1.82) is 0 Å². The molecular weight excluding hydrogens is 258 g/mol. The van der Waals surface area contributed by atoms with E-state index >= 15 is 0 Å². The fourth-order valence-corrected chi connectivity index (χ4v) is 4.50. The Hall–Kier alpha value is 0.180. The first-order chi connectivity index (χ1) is 8.01. The van der Waals surface area contributed by atoms with E-state index in [9.17, 15) is 8.42 Å². The second-order valence-corrected chi connectivity index (χ2v) is 7.04. The van der Waals surface area contributed by atoms with Crippen molar-refractivity contribution < 1.29 is 8.42 Å². The fraction of sp³-hybridized carbons (Fsp3) is 1.00. The first-order valence-corrected chi connectivity index (χ1v) is 8.82. The highest BCUT2D eigenvalue weighted by Crippen LogP contribution is 2.19. The Morgan fingerprint density at radius 3 is 2.82 bits per heavy atom. The quantitative estimate of drug-likeness (QED) is 0.738. The SMILES string of the molecule is CSCC(C)NS(=O)(=O)N1CCCCC1CN.